The van der Waals surface area contributed by atoms with E-state index in [1.807, 2.05) is 54.6 Å². The number of hydrogen-bond acceptors (Lipinski definition) is 4. The van der Waals surface area contributed by atoms with Gasteiger partial charge in [-0.15, -0.1) is 0 Å². The number of hydrogen-bond donors (Lipinski definition) is 0. The third kappa shape index (κ3) is 4.47. The molecule has 0 saturated heterocycles. The van der Waals surface area contributed by atoms with Gasteiger partial charge in [0, 0.05) is 11.1 Å². The molecule has 0 heterocycles. The van der Waals surface area contributed by atoms with Crippen LogP contribution in [0.1, 0.15) is 5.56 Å². The molecular weight excluding hydrogens is 489 g/mol. The summed E-state index contributed by atoms with van der Waals surface area (Å²) < 4.78 is 74.7. The second kappa shape index (κ2) is 9.20. The molecule has 5 aromatic carbocycles. The lowest BCUT2D eigenvalue weighted by atomic mass is 9.92. The van der Waals surface area contributed by atoms with Crippen LogP contribution in [0.3, 0.4) is 0 Å². The molecule has 8 heteroatoms. The van der Waals surface area contributed by atoms with Crippen LogP contribution in [0.15, 0.2) is 103 Å². The molecule has 0 aliphatic rings. The van der Waals surface area contributed by atoms with Crippen LogP contribution in [0.5, 0.6) is 11.5 Å². The van der Waals surface area contributed by atoms with E-state index in [0.29, 0.717) is 27.5 Å². The first-order valence-electron chi connectivity index (χ1n) is 11.0. The molecule has 0 saturated carbocycles. The first kappa shape index (κ1) is 23.7. The summed E-state index contributed by atoms with van der Waals surface area (Å²) in [7, 11) is -5.91. The fraction of sp³-hybridized carbons (Fsp3) is 0.0714. The van der Waals surface area contributed by atoms with Crippen molar-refractivity contribution in [3.05, 3.63) is 109 Å². The maximum atomic E-state index is 13.3. The van der Waals surface area contributed by atoms with Crippen LogP contribution < -0.4 is 8.92 Å². The van der Waals surface area contributed by atoms with Gasteiger partial charge in [0.1, 0.15) is 12.4 Å². The fourth-order valence-corrected chi connectivity index (χ4v) is 4.58. The summed E-state index contributed by atoms with van der Waals surface area (Å²) in [6.07, 6.45) is 0. The zero-order chi connectivity index (χ0) is 25.3. The van der Waals surface area contributed by atoms with Crippen molar-refractivity contribution >= 4 is 31.7 Å². The summed E-state index contributed by atoms with van der Waals surface area (Å²) >= 11 is 0. The van der Waals surface area contributed by atoms with E-state index in [4.69, 9.17) is 8.92 Å². The quantitative estimate of drug-likeness (QED) is 0.176. The van der Waals surface area contributed by atoms with E-state index in [2.05, 4.69) is 0 Å². The Morgan fingerprint density at radius 2 is 1.11 bits per heavy atom. The Morgan fingerprint density at radius 3 is 1.69 bits per heavy atom. The SMILES string of the molecule is O=S(=O)(Oc1ccc2ccccc2c1-c1c(OCc2ccccc2)ccc2ccccc12)C(F)(F)F. The van der Waals surface area contributed by atoms with Crippen molar-refractivity contribution in [3.8, 4) is 22.6 Å². The van der Waals surface area contributed by atoms with E-state index in [1.165, 1.54) is 12.1 Å². The molecule has 0 N–H and O–H groups in total. The Morgan fingerprint density at radius 1 is 0.611 bits per heavy atom. The van der Waals surface area contributed by atoms with Crippen LogP contribution in [0.25, 0.3) is 32.7 Å². The lowest BCUT2D eigenvalue weighted by molar-refractivity contribution is -0.0499. The van der Waals surface area contributed by atoms with Crippen LogP contribution >= 0.6 is 0 Å². The summed E-state index contributed by atoms with van der Waals surface area (Å²) in [5.41, 5.74) is -4.05. The predicted octanol–water partition coefficient (Wildman–Crippen LogP) is 7.47. The monoisotopic (exact) mass is 508 g/mol. The molecule has 182 valence electrons. The van der Waals surface area contributed by atoms with Gasteiger partial charge >= 0.3 is 15.6 Å². The molecule has 0 amide bonds. The minimum absolute atomic E-state index is 0.195. The van der Waals surface area contributed by atoms with Crippen LogP contribution in [0, 0.1) is 0 Å². The largest absolute Gasteiger partial charge is 0.534 e. The van der Waals surface area contributed by atoms with Gasteiger partial charge < -0.3 is 8.92 Å². The minimum atomic E-state index is -5.91. The lowest BCUT2D eigenvalue weighted by Crippen LogP contribution is -2.28. The van der Waals surface area contributed by atoms with Gasteiger partial charge in [-0.05, 0) is 39.2 Å². The van der Waals surface area contributed by atoms with Crippen molar-refractivity contribution < 1.29 is 30.5 Å². The molecule has 5 aromatic rings. The summed E-state index contributed by atoms with van der Waals surface area (Å²) in [6, 6.07) is 30.1. The molecule has 0 unspecified atom stereocenters. The smallest absolute Gasteiger partial charge is 0.488 e. The van der Waals surface area contributed by atoms with Crippen molar-refractivity contribution in [2.45, 2.75) is 12.1 Å². The topological polar surface area (TPSA) is 52.6 Å². The summed E-state index contributed by atoms with van der Waals surface area (Å²) in [4.78, 5) is 0. The lowest BCUT2D eigenvalue weighted by Gasteiger charge is -2.20. The third-order valence-corrected chi connectivity index (χ3v) is 6.72. The maximum Gasteiger partial charge on any atom is 0.534 e. The maximum absolute atomic E-state index is 13.3. The van der Waals surface area contributed by atoms with Gasteiger partial charge in [0.25, 0.3) is 0 Å². The molecule has 5 rings (SSSR count). The number of benzene rings is 5. The van der Waals surface area contributed by atoms with E-state index in [0.717, 1.165) is 10.9 Å². The van der Waals surface area contributed by atoms with Gasteiger partial charge in [-0.2, -0.15) is 21.6 Å². The van der Waals surface area contributed by atoms with Crippen LogP contribution in [-0.4, -0.2) is 13.9 Å². The summed E-state index contributed by atoms with van der Waals surface area (Å²) in [5.74, 6) is -0.0601. The van der Waals surface area contributed by atoms with Crippen LogP contribution in [0.2, 0.25) is 0 Å². The standard InChI is InChI=1S/C28H19F3O4S/c29-28(30,31)36(32,33)35-25-17-15-21-11-5-7-13-23(21)27(25)26-22-12-6-4-10-20(22)14-16-24(26)34-18-19-8-2-1-3-9-19/h1-17H,18H2. The molecule has 4 nitrogen and oxygen atoms in total. The summed E-state index contributed by atoms with van der Waals surface area (Å²) in [5, 5.41) is 2.70. The Bertz CT molecular complexity index is 1660. The van der Waals surface area contributed by atoms with E-state index < -0.39 is 21.4 Å². The molecule has 0 atom stereocenters. The van der Waals surface area contributed by atoms with E-state index >= 15 is 0 Å². The Hall–Kier alpha value is -4.04. The van der Waals surface area contributed by atoms with Gasteiger partial charge in [0.05, 0.1) is 0 Å². The van der Waals surface area contributed by atoms with Gasteiger partial charge in [-0.25, -0.2) is 0 Å². The average Bonchev–Trinajstić information content (AvgIpc) is 2.87. The zero-order valence-electron chi connectivity index (χ0n) is 18.7. The van der Waals surface area contributed by atoms with E-state index in [9.17, 15) is 21.6 Å². The van der Waals surface area contributed by atoms with Gasteiger partial charge in [-0.1, -0.05) is 91.0 Å². The number of fused-ring (bicyclic) bond motifs is 2. The Kier molecular flexibility index (Phi) is 6.05. The fourth-order valence-electron chi connectivity index (χ4n) is 4.11. The van der Waals surface area contributed by atoms with Gasteiger partial charge in [-0.3, -0.25) is 0 Å². The molecule has 0 aliphatic heterocycles. The number of ether oxygens (including phenoxy) is 1. The molecule has 0 aliphatic carbocycles. The molecule has 0 spiro atoms. The first-order valence-corrected chi connectivity index (χ1v) is 12.4. The predicted molar refractivity (Wildman–Crippen MR) is 133 cm³/mol. The number of rotatable bonds is 6. The molecule has 0 bridgehead atoms. The number of alkyl halides is 3. The van der Waals surface area contributed by atoms with E-state index in [1.54, 1.807) is 36.4 Å². The van der Waals surface area contributed by atoms with Crippen molar-refractivity contribution in [2.75, 3.05) is 0 Å². The van der Waals surface area contributed by atoms with Crippen molar-refractivity contribution in [1.82, 2.24) is 0 Å². The van der Waals surface area contributed by atoms with Crippen LogP contribution in [0.4, 0.5) is 13.2 Å². The Labute approximate surface area is 205 Å². The average molecular weight is 509 g/mol. The number of halogens is 3. The highest BCUT2D eigenvalue weighted by atomic mass is 32.2. The normalized spacial score (nSPS) is 12.1. The molecule has 0 radical (unpaired) electrons. The van der Waals surface area contributed by atoms with Gasteiger partial charge in [0.15, 0.2) is 5.75 Å². The molecule has 0 aromatic heterocycles. The van der Waals surface area contributed by atoms with Gasteiger partial charge in [0.2, 0.25) is 0 Å². The first-order chi connectivity index (χ1) is 17.2. The zero-order valence-corrected chi connectivity index (χ0v) is 19.5. The van der Waals surface area contributed by atoms with E-state index in [-0.39, 0.29) is 12.2 Å². The van der Waals surface area contributed by atoms with Crippen molar-refractivity contribution in [1.29, 1.82) is 0 Å². The van der Waals surface area contributed by atoms with Crippen molar-refractivity contribution in [2.24, 2.45) is 0 Å². The summed E-state index contributed by atoms with van der Waals surface area (Å²) in [6.45, 7) is 0.202. The Balaban J connectivity index is 1.78. The molecule has 36 heavy (non-hydrogen) atoms. The molecule has 0 fully saturated rings. The third-order valence-electron chi connectivity index (χ3n) is 5.75. The van der Waals surface area contributed by atoms with Crippen molar-refractivity contribution in [3.63, 3.8) is 0 Å². The van der Waals surface area contributed by atoms with Crippen LogP contribution in [-0.2, 0) is 16.7 Å². The second-order valence-electron chi connectivity index (χ2n) is 8.08. The minimum Gasteiger partial charge on any atom is -0.488 e. The highest BCUT2D eigenvalue weighted by molar-refractivity contribution is 7.88. The second-order valence-corrected chi connectivity index (χ2v) is 9.61. The highest BCUT2D eigenvalue weighted by Crippen LogP contribution is 2.46. The highest BCUT2D eigenvalue weighted by Gasteiger charge is 2.49. The molecular formula is C28H19F3O4S.